The van der Waals surface area contributed by atoms with E-state index in [9.17, 15) is 4.79 Å². The van der Waals surface area contributed by atoms with Gasteiger partial charge in [0.15, 0.2) is 0 Å². The smallest absolute Gasteiger partial charge is 0.309 e. The lowest BCUT2D eigenvalue weighted by atomic mass is 9.99. The molecule has 1 aromatic heterocycles. The highest BCUT2D eigenvalue weighted by Crippen LogP contribution is 2.33. The Balaban J connectivity index is 2.70. The van der Waals surface area contributed by atoms with Crippen LogP contribution in [0.4, 0.5) is 0 Å². The van der Waals surface area contributed by atoms with Gasteiger partial charge in [-0.05, 0) is 63.3 Å². The molecule has 0 bridgehead atoms. The van der Waals surface area contributed by atoms with E-state index in [4.69, 9.17) is 4.74 Å². The minimum Gasteiger partial charge on any atom is -0.466 e. The highest BCUT2D eigenvalue weighted by molar-refractivity contribution is 9.12. The van der Waals surface area contributed by atoms with Crippen molar-refractivity contribution in [1.29, 1.82) is 0 Å². The average molecular weight is 370 g/mol. The molecule has 1 atom stereocenters. The van der Waals surface area contributed by atoms with Gasteiger partial charge in [0.2, 0.25) is 0 Å². The summed E-state index contributed by atoms with van der Waals surface area (Å²) in [7, 11) is 0. The van der Waals surface area contributed by atoms with Crippen molar-refractivity contribution in [3.05, 3.63) is 19.2 Å². The van der Waals surface area contributed by atoms with Gasteiger partial charge >= 0.3 is 5.97 Å². The van der Waals surface area contributed by atoms with Gasteiger partial charge in [0.05, 0.1) is 20.1 Å². The zero-order chi connectivity index (χ0) is 12.1. The van der Waals surface area contributed by atoms with Crippen molar-refractivity contribution in [3.63, 3.8) is 0 Å². The number of rotatable bonds is 5. The highest BCUT2D eigenvalue weighted by Gasteiger charge is 2.20. The summed E-state index contributed by atoms with van der Waals surface area (Å²) in [6.45, 7) is 4.29. The first-order valence-electron chi connectivity index (χ1n) is 5.18. The highest BCUT2D eigenvalue weighted by atomic mass is 79.9. The molecule has 0 saturated heterocycles. The van der Waals surface area contributed by atoms with Gasteiger partial charge < -0.3 is 4.74 Å². The summed E-state index contributed by atoms with van der Waals surface area (Å²) in [5, 5.41) is 0. The van der Waals surface area contributed by atoms with Crippen LogP contribution in [0.25, 0.3) is 0 Å². The van der Waals surface area contributed by atoms with E-state index in [1.807, 2.05) is 13.8 Å². The number of carbonyl (C=O) groups is 1. The summed E-state index contributed by atoms with van der Waals surface area (Å²) >= 11 is 8.56. The van der Waals surface area contributed by atoms with E-state index in [0.29, 0.717) is 6.61 Å². The number of esters is 1. The summed E-state index contributed by atoms with van der Waals surface area (Å²) < 4.78 is 7.21. The standard InChI is InChI=1S/C11H14Br2O2S/c1-3-7(11(14)15-4-2)5-8-6-9(12)16-10(8)13/h6-7H,3-5H2,1-2H3. The third-order valence-corrected chi connectivity index (χ3v) is 4.77. The van der Waals surface area contributed by atoms with Crippen molar-refractivity contribution in [1.82, 2.24) is 0 Å². The fourth-order valence-electron chi connectivity index (χ4n) is 1.43. The van der Waals surface area contributed by atoms with E-state index in [1.165, 1.54) is 0 Å². The van der Waals surface area contributed by atoms with Crippen LogP contribution in [-0.4, -0.2) is 12.6 Å². The summed E-state index contributed by atoms with van der Waals surface area (Å²) in [6.07, 6.45) is 1.54. The lowest BCUT2D eigenvalue weighted by molar-refractivity contribution is -0.148. The Hall–Kier alpha value is 0.130. The van der Waals surface area contributed by atoms with E-state index in [2.05, 4.69) is 37.9 Å². The van der Waals surface area contributed by atoms with Crippen LogP contribution in [-0.2, 0) is 16.0 Å². The van der Waals surface area contributed by atoms with E-state index >= 15 is 0 Å². The molecule has 16 heavy (non-hydrogen) atoms. The number of halogens is 2. The maximum absolute atomic E-state index is 11.7. The summed E-state index contributed by atoms with van der Waals surface area (Å²) in [5.41, 5.74) is 1.16. The van der Waals surface area contributed by atoms with Crippen molar-refractivity contribution in [2.45, 2.75) is 26.7 Å². The maximum Gasteiger partial charge on any atom is 0.309 e. The van der Waals surface area contributed by atoms with Crippen LogP contribution in [0.5, 0.6) is 0 Å². The third-order valence-electron chi connectivity index (χ3n) is 2.31. The molecule has 2 nitrogen and oxygen atoms in total. The minimum atomic E-state index is -0.0979. The number of hydrogen-bond acceptors (Lipinski definition) is 3. The van der Waals surface area contributed by atoms with E-state index < -0.39 is 0 Å². The molecule has 1 unspecified atom stereocenters. The van der Waals surface area contributed by atoms with Gasteiger partial charge in [-0.1, -0.05) is 6.92 Å². The molecule has 0 saturated carbocycles. The topological polar surface area (TPSA) is 26.3 Å². The van der Waals surface area contributed by atoms with Crippen molar-refractivity contribution in [3.8, 4) is 0 Å². The molecule has 0 aliphatic carbocycles. The van der Waals surface area contributed by atoms with E-state index in [0.717, 1.165) is 26.0 Å². The molecule has 0 aliphatic rings. The van der Waals surface area contributed by atoms with E-state index in [-0.39, 0.29) is 11.9 Å². The van der Waals surface area contributed by atoms with Crippen LogP contribution in [0, 0.1) is 5.92 Å². The second-order valence-corrected chi connectivity index (χ2v) is 7.16. The first-order valence-corrected chi connectivity index (χ1v) is 7.59. The molecule has 0 fully saturated rings. The predicted octanol–water partition coefficient (Wildman–Crippen LogP) is 4.40. The quantitative estimate of drug-likeness (QED) is 0.718. The van der Waals surface area contributed by atoms with Gasteiger partial charge in [0.1, 0.15) is 0 Å². The van der Waals surface area contributed by atoms with Crippen LogP contribution in [0.2, 0.25) is 0 Å². The molecule has 0 radical (unpaired) electrons. The van der Waals surface area contributed by atoms with Crippen LogP contribution in [0.1, 0.15) is 25.8 Å². The number of ether oxygens (including phenoxy) is 1. The van der Waals surface area contributed by atoms with Crippen LogP contribution >= 0.6 is 43.2 Å². The van der Waals surface area contributed by atoms with Gasteiger partial charge in [0.25, 0.3) is 0 Å². The summed E-state index contributed by atoms with van der Waals surface area (Å²) in [5.74, 6) is -0.142. The average Bonchev–Trinajstić information content (AvgIpc) is 2.54. The SMILES string of the molecule is CCOC(=O)C(CC)Cc1cc(Br)sc1Br. The van der Waals surface area contributed by atoms with Crippen molar-refractivity contribution < 1.29 is 9.53 Å². The molecule has 0 N–H and O–H groups in total. The zero-order valence-electron chi connectivity index (χ0n) is 9.26. The predicted molar refractivity (Wildman–Crippen MR) is 73.8 cm³/mol. The molecule has 1 rings (SSSR count). The largest absolute Gasteiger partial charge is 0.466 e. The molecule has 0 aromatic carbocycles. The zero-order valence-corrected chi connectivity index (χ0v) is 13.2. The molecule has 1 aromatic rings. The monoisotopic (exact) mass is 368 g/mol. The Bertz CT molecular complexity index is 363. The Morgan fingerprint density at radius 2 is 2.19 bits per heavy atom. The third kappa shape index (κ3) is 3.86. The van der Waals surface area contributed by atoms with Gasteiger partial charge in [-0.15, -0.1) is 11.3 Å². The van der Waals surface area contributed by atoms with Crippen molar-refractivity contribution in [2.75, 3.05) is 6.61 Å². The van der Waals surface area contributed by atoms with Gasteiger partial charge in [-0.2, -0.15) is 0 Å². The lowest BCUT2D eigenvalue weighted by Gasteiger charge is -2.12. The summed E-state index contributed by atoms with van der Waals surface area (Å²) in [6, 6.07) is 2.05. The van der Waals surface area contributed by atoms with E-state index in [1.54, 1.807) is 11.3 Å². The first-order chi connectivity index (χ1) is 7.58. The minimum absolute atomic E-state index is 0.0438. The summed E-state index contributed by atoms with van der Waals surface area (Å²) in [4.78, 5) is 11.7. The van der Waals surface area contributed by atoms with Crippen molar-refractivity contribution in [2.24, 2.45) is 5.92 Å². The lowest BCUT2D eigenvalue weighted by Crippen LogP contribution is -2.19. The van der Waals surface area contributed by atoms with Gasteiger partial charge in [-0.3, -0.25) is 4.79 Å². The number of thiophene rings is 1. The van der Waals surface area contributed by atoms with Gasteiger partial charge in [-0.25, -0.2) is 0 Å². The number of hydrogen-bond donors (Lipinski definition) is 0. The number of carbonyl (C=O) groups excluding carboxylic acids is 1. The van der Waals surface area contributed by atoms with Gasteiger partial charge in [0, 0.05) is 0 Å². The fourth-order valence-corrected chi connectivity index (χ4v) is 4.29. The second kappa shape index (κ2) is 6.77. The normalized spacial score (nSPS) is 12.5. The molecule has 0 spiro atoms. The Morgan fingerprint density at radius 3 is 2.62 bits per heavy atom. The van der Waals surface area contributed by atoms with Crippen molar-refractivity contribution >= 4 is 49.2 Å². The van der Waals surface area contributed by atoms with Crippen LogP contribution < -0.4 is 0 Å². The van der Waals surface area contributed by atoms with Crippen LogP contribution in [0.15, 0.2) is 13.6 Å². The molecule has 90 valence electrons. The molecule has 5 heteroatoms. The fraction of sp³-hybridized carbons (Fsp3) is 0.545. The molecule has 1 heterocycles. The molecular weight excluding hydrogens is 356 g/mol. The first kappa shape index (κ1) is 14.2. The molecule has 0 aliphatic heterocycles. The maximum atomic E-state index is 11.7. The Morgan fingerprint density at radius 1 is 1.50 bits per heavy atom. The Kier molecular flexibility index (Phi) is 6.00. The van der Waals surface area contributed by atoms with Crippen LogP contribution in [0.3, 0.4) is 0 Å². The molecule has 0 amide bonds. The second-order valence-electron chi connectivity index (χ2n) is 3.41. The molecular formula is C11H14Br2O2S. The Labute approximate surface area is 117 Å².